The Labute approximate surface area is 153 Å². The summed E-state index contributed by atoms with van der Waals surface area (Å²) in [4.78, 5) is 0. The van der Waals surface area contributed by atoms with Crippen molar-refractivity contribution >= 4 is 9.52 Å². The summed E-state index contributed by atoms with van der Waals surface area (Å²) in [5.74, 6) is 0.910. The van der Waals surface area contributed by atoms with E-state index in [0.29, 0.717) is 6.61 Å². The third-order valence-corrected chi connectivity index (χ3v) is 2.11. The molecule has 1 nitrogen and oxygen atoms in total. The molecule has 0 aliphatic heterocycles. The van der Waals surface area contributed by atoms with Gasteiger partial charge in [-0.25, -0.2) is 12.2 Å². The molecule has 0 amide bonds. The average molecular weight is 346 g/mol. The molecule has 0 aromatic heterocycles. The molecule has 0 spiro atoms. The van der Waals surface area contributed by atoms with E-state index in [-0.39, 0.29) is 21.7 Å². The zero-order valence-corrected chi connectivity index (χ0v) is 16.5. The standard InChI is InChI=1S/C12H14O.C5H5.C2H7Si.Ti/c1-2-3-4-8-11-13-12-9-6-5-7-10-12;1-2-4-5-3-1;1-3-2;/h2-10H,11H2,1H3;1-3H,4H2;3H,1-2H3;/q;-1;;. The van der Waals surface area contributed by atoms with Crippen molar-refractivity contribution in [3.8, 4) is 5.75 Å². The molecule has 117 valence electrons. The van der Waals surface area contributed by atoms with Crippen molar-refractivity contribution < 1.29 is 26.5 Å². The van der Waals surface area contributed by atoms with Crippen LogP contribution in [-0.2, 0) is 21.7 Å². The van der Waals surface area contributed by atoms with Gasteiger partial charge in [-0.2, -0.15) is 6.08 Å². The van der Waals surface area contributed by atoms with Crippen LogP contribution in [0, 0.1) is 6.08 Å². The van der Waals surface area contributed by atoms with Crippen molar-refractivity contribution in [1.82, 2.24) is 0 Å². The summed E-state index contributed by atoms with van der Waals surface area (Å²) < 4.78 is 5.43. The van der Waals surface area contributed by atoms with E-state index < -0.39 is 0 Å². The first-order valence-corrected chi connectivity index (χ1v) is 9.57. The third kappa shape index (κ3) is 17.0. The molecule has 3 heteroatoms. The third-order valence-electron chi connectivity index (χ3n) is 2.11. The first-order chi connectivity index (χ1) is 10.3. The van der Waals surface area contributed by atoms with Crippen LogP contribution in [0.3, 0.4) is 0 Å². The molecule has 0 fully saturated rings. The van der Waals surface area contributed by atoms with Gasteiger partial charge in [-0.15, -0.1) is 6.42 Å². The van der Waals surface area contributed by atoms with Crippen LogP contribution >= 0.6 is 0 Å². The van der Waals surface area contributed by atoms with Gasteiger partial charge in [-0.1, -0.05) is 49.5 Å². The number of rotatable bonds is 4. The van der Waals surface area contributed by atoms with E-state index in [0.717, 1.165) is 21.7 Å². The second-order valence-electron chi connectivity index (χ2n) is 4.16. The van der Waals surface area contributed by atoms with Gasteiger partial charge in [0.25, 0.3) is 0 Å². The number of hydrogen-bond donors (Lipinski definition) is 0. The maximum absolute atomic E-state index is 5.43. The van der Waals surface area contributed by atoms with E-state index in [1.807, 2.05) is 73.7 Å². The first-order valence-electron chi connectivity index (χ1n) is 7.26. The smallest absolute Gasteiger partial charge is 0.119 e. The Morgan fingerprint density at radius 2 is 1.86 bits per heavy atom. The Balaban J connectivity index is 0. The van der Waals surface area contributed by atoms with Crippen molar-refractivity contribution in [1.29, 1.82) is 0 Å². The monoisotopic (exact) mass is 346 g/mol. The molecule has 0 saturated carbocycles. The van der Waals surface area contributed by atoms with E-state index in [1.54, 1.807) is 0 Å². The van der Waals surface area contributed by atoms with Crippen LogP contribution in [0.25, 0.3) is 0 Å². The van der Waals surface area contributed by atoms with Crippen molar-refractivity contribution in [3.05, 3.63) is 78.9 Å². The van der Waals surface area contributed by atoms with E-state index in [1.165, 1.54) is 0 Å². The van der Waals surface area contributed by atoms with Gasteiger partial charge in [-0.3, -0.25) is 6.08 Å². The van der Waals surface area contributed by atoms with E-state index in [9.17, 15) is 0 Å². The molecule has 22 heavy (non-hydrogen) atoms. The SMILES string of the molecule is CC=CC=CCOc1ccccc1.C[SiH]C.[C-]1=CC=CC1.[Ti]. The fraction of sp³-hybridized carbons (Fsp3) is 0.263. The average Bonchev–Trinajstić information content (AvgIpc) is 3.08. The summed E-state index contributed by atoms with van der Waals surface area (Å²) in [6, 6.07) is 9.80. The minimum atomic E-state index is 0. The van der Waals surface area contributed by atoms with Crippen LogP contribution in [-0.4, -0.2) is 16.1 Å². The summed E-state index contributed by atoms with van der Waals surface area (Å²) in [7, 11) is 0.750. The van der Waals surface area contributed by atoms with Gasteiger partial charge in [0.1, 0.15) is 12.4 Å². The van der Waals surface area contributed by atoms with Gasteiger partial charge in [0.15, 0.2) is 0 Å². The molecule has 0 N–H and O–H groups in total. The first kappa shape index (κ1) is 23.2. The van der Waals surface area contributed by atoms with E-state index in [4.69, 9.17) is 4.74 Å². The predicted molar refractivity (Wildman–Crippen MR) is 96.3 cm³/mol. The fourth-order valence-electron chi connectivity index (χ4n) is 1.25. The number of para-hydroxylation sites is 1. The normalized spacial score (nSPS) is 11.4. The molecule has 0 atom stereocenters. The van der Waals surface area contributed by atoms with E-state index >= 15 is 0 Å². The molecular formula is C19H26OSiTi-. The number of hydrogen-bond acceptors (Lipinski definition) is 1. The van der Waals surface area contributed by atoms with Crippen LogP contribution in [0.2, 0.25) is 13.1 Å². The van der Waals surface area contributed by atoms with Crippen molar-refractivity contribution in [2.45, 2.75) is 26.4 Å². The molecule has 1 radical (unpaired) electrons. The summed E-state index contributed by atoms with van der Waals surface area (Å²) in [6.45, 7) is 7.02. The number of allylic oxidation sites excluding steroid dienone is 7. The molecule has 0 saturated heterocycles. The van der Waals surface area contributed by atoms with Crippen LogP contribution < -0.4 is 4.74 Å². The summed E-state index contributed by atoms with van der Waals surface area (Å²) in [5.41, 5.74) is 0. The van der Waals surface area contributed by atoms with Gasteiger partial charge in [-0.05, 0) is 25.1 Å². The van der Waals surface area contributed by atoms with Gasteiger partial charge in [0, 0.05) is 31.2 Å². The predicted octanol–water partition coefficient (Wildman–Crippen LogP) is 5.02. The topological polar surface area (TPSA) is 9.23 Å². The van der Waals surface area contributed by atoms with Gasteiger partial charge in [0.05, 0.1) is 0 Å². The Morgan fingerprint density at radius 3 is 2.32 bits per heavy atom. The van der Waals surface area contributed by atoms with Gasteiger partial charge >= 0.3 is 0 Å². The molecule has 0 unspecified atom stereocenters. The van der Waals surface area contributed by atoms with Crippen molar-refractivity contribution in [2.75, 3.05) is 6.61 Å². The minimum Gasteiger partial charge on any atom is -0.490 e. The second kappa shape index (κ2) is 19.9. The molecule has 1 aromatic rings. The second-order valence-corrected chi connectivity index (χ2v) is 5.31. The van der Waals surface area contributed by atoms with Gasteiger partial charge < -0.3 is 4.74 Å². The van der Waals surface area contributed by atoms with Crippen LogP contribution in [0.15, 0.2) is 72.9 Å². The Morgan fingerprint density at radius 1 is 1.18 bits per heavy atom. The Bertz CT molecular complexity index is 426. The number of ether oxygens (including phenoxy) is 1. The van der Waals surface area contributed by atoms with Crippen molar-refractivity contribution in [2.24, 2.45) is 0 Å². The van der Waals surface area contributed by atoms with E-state index in [2.05, 4.69) is 25.2 Å². The maximum atomic E-state index is 5.43. The molecular weight excluding hydrogens is 320 g/mol. The largest absolute Gasteiger partial charge is 0.490 e. The molecule has 0 heterocycles. The zero-order valence-electron chi connectivity index (χ0n) is 13.8. The summed E-state index contributed by atoms with van der Waals surface area (Å²) in [6.07, 6.45) is 17.9. The van der Waals surface area contributed by atoms with Crippen LogP contribution in [0.5, 0.6) is 5.75 Å². The van der Waals surface area contributed by atoms with Gasteiger partial charge in [0.2, 0.25) is 0 Å². The molecule has 1 aliphatic carbocycles. The van der Waals surface area contributed by atoms with Crippen molar-refractivity contribution in [3.63, 3.8) is 0 Å². The zero-order chi connectivity index (χ0) is 15.6. The van der Waals surface area contributed by atoms with Crippen LogP contribution in [0.1, 0.15) is 13.3 Å². The summed E-state index contributed by atoms with van der Waals surface area (Å²) in [5, 5.41) is 0. The molecule has 1 aromatic carbocycles. The molecule has 2 rings (SSSR count). The fourth-order valence-corrected chi connectivity index (χ4v) is 1.25. The van der Waals surface area contributed by atoms with Crippen LogP contribution in [0.4, 0.5) is 0 Å². The Hall–Kier alpha value is -1.09. The quantitative estimate of drug-likeness (QED) is 0.423. The summed E-state index contributed by atoms with van der Waals surface area (Å²) >= 11 is 0. The Kier molecular flexibility index (Phi) is 21.0. The minimum absolute atomic E-state index is 0. The number of benzene rings is 1. The molecule has 0 bridgehead atoms. The molecule has 1 aliphatic rings. The maximum Gasteiger partial charge on any atom is 0.119 e.